The molecule has 0 fully saturated rings. The highest BCUT2D eigenvalue weighted by Crippen LogP contribution is 2.36. The van der Waals surface area contributed by atoms with E-state index in [4.69, 9.17) is 19.6 Å². The zero-order valence-corrected chi connectivity index (χ0v) is 21.8. The zero-order valence-electron chi connectivity index (χ0n) is 21.8. The highest BCUT2D eigenvalue weighted by Gasteiger charge is 2.40. The van der Waals surface area contributed by atoms with Crippen molar-refractivity contribution in [2.75, 3.05) is 0 Å². The molecular formula is C25H52O4. The van der Waals surface area contributed by atoms with Crippen molar-refractivity contribution >= 4 is 0 Å². The normalized spacial score (nSPS) is 14.5. The van der Waals surface area contributed by atoms with E-state index in [1.54, 1.807) is 0 Å². The summed E-state index contributed by atoms with van der Waals surface area (Å²) in [5.74, 6) is -0.881. The Labute approximate surface area is 182 Å². The molecule has 0 radical (unpaired) electrons. The molecular weight excluding hydrogens is 364 g/mol. The van der Waals surface area contributed by atoms with Crippen molar-refractivity contribution in [2.45, 2.75) is 151 Å². The molecule has 0 bridgehead atoms. The van der Waals surface area contributed by atoms with Crippen molar-refractivity contribution in [2.24, 2.45) is 10.8 Å². The summed E-state index contributed by atoms with van der Waals surface area (Å²) in [7, 11) is 0. The number of hydrogen-bond acceptors (Lipinski definition) is 4. The Morgan fingerprint density at radius 2 is 0.897 bits per heavy atom. The average molecular weight is 417 g/mol. The number of hydrogen-bond donors (Lipinski definition) is 0. The highest BCUT2D eigenvalue weighted by molar-refractivity contribution is 4.78. The summed E-state index contributed by atoms with van der Waals surface area (Å²) in [6.45, 7) is 25.9. The maximum Gasteiger partial charge on any atom is 0.234 e. The van der Waals surface area contributed by atoms with Gasteiger partial charge in [0.15, 0.2) is 0 Å². The molecule has 0 atom stereocenters. The molecule has 176 valence electrons. The van der Waals surface area contributed by atoms with Gasteiger partial charge in [-0.1, -0.05) is 74.7 Å². The molecule has 4 heteroatoms. The van der Waals surface area contributed by atoms with Gasteiger partial charge in [-0.15, -0.1) is 0 Å². The smallest absolute Gasteiger partial charge is 0.228 e. The van der Waals surface area contributed by atoms with Crippen molar-refractivity contribution in [3.63, 3.8) is 0 Å². The third-order valence-corrected chi connectivity index (χ3v) is 4.54. The van der Waals surface area contributed by atoms with Crippen LogP contribution in [-0.4, -0.2) is 17.0 Å². The maximum absolute atomic E-state index is 6.11. The fraction of sp³-hybridized carbons (Fsp3) is 1.00. The van der Waals surface area contributed by atoms with E-state index in [0.717, 1.165) is 51.4 Å². The van der Waals surface area contributed by atoms with E-state index >= 15 is 0 Å². The van der Waals surface area contributed by atoms with Crippen molar-refractivity contribution < 1.29 is 19.6 Å². The monoisotopic (exact) mass is 416 g/mol. The molecule has 0 saturated heterocycles. The van der Waals surface area contributed by atoms with Gasteiger partial charge in [0.25, 0.3) is 0 Å². The van der Waals surface area contributed by atoms with Crippen LogP contribution in [0, 0.1) is 10.8 Å². The van der Waals surface area contributed by atoms with Gasteiger partial charge in [0, 0.05) is 12.8 Å². The van der Waals surface area contributed by atoms with Crippen molar-refractivity contribution in [3.8, 4) is 0 Å². The van der Waals surface area contributed by atoms with Gasteiger partial charge in [-0.3, -0.25) is 0 Å². The van der Waals surface area contributed by atoms with Crippen molar-refractivity contribution in [1.29, 1.82) is 0 Å². The summed E-state index contributed by atoms with van der Waals surface area (Å²) < 4.78 is 0. The molecule has 0 unspecified atom stereocenters. The minimum Gasteiger partial charge on any atom is -0.228 e. The van der Waals surface area contributed by atoms with Gasteiger partial charge in [0.05, 0.1) is 11.2 Å². The van der Waals surface area contributed by atoms with Crippen LogP contribution in [0.1, 0.15) is 134 Å². The Kier molecular flexibility index (Phi) is 11.4. The fourth-order valence-corrected chi connectivity index (χ4v) is 4.32. The number of unbranched alkanes of at least 4 members (excludes halogenated alkanes) is 2. The standard InChI is InChI=1S/C25H52O4/c1-13-15-16-18-25(17-14-2,28-26-23(9,10)19-21(3,4)5)29-27-24(11,12)20-22(6,7)8/h13-20H2,1-12H3. The van der Waals surface area contributed by atoms with Gasteiger partial charge in [-0.25, -0.2) is 9.78 Å². The summed E-state index contributed by atoms with van der Waals surface area (Å²) >= 11 is 0. The lowest BCUT2D eigenvalue weighted by molar-refractivity contribution is -0.547. The molecule has 0 N–H and O–H groups in total. The van der Waals surface area contributed by atoms with E-state index in [2.05, 4.69) is 83.1 Å². The lowest BCUT2D eigenvalue weighted by Gasteiger charge is -2.39. The van der Waals surface area contributed by atoms with Gasteiger partial charge >= 0.3 is 0 Å². The predicted octanol–water partition coefficient (Wildman–Crippen LogP) is 8.39. The quantitative estimate of drug-likeness (QED) is 0.123. The molecule has 0 aromatic heterocycles. The molecule has 0 amide bonds. The predicted molar refractivity (Wildman–Crippen MR) is 122 cm³/mol. The highest BCUT2D eigenvalue weighted by atomic mass is 17.3. The third kappa shape index (κ3) is 14.5. The van der Waals surface area contributed by atoms with Crippen molar-refractivity contribution in [1.82, 2.24) is 0 Å². The van der Waals surface area contributed by atoms with Crippen LogP contribution >= 0.6 is 0 Å². The summed E-state index contributed by atoms with van der Waals surface area (Å²) in [6.07, 6.45) is 7.48. The minimum atomic E-state index is -0.881. The molecule has 29 heavy (non-hydrogen) atoms. The van der Waals surface area contributed by atoms with Gasteiger partial charge < -0.3 is 0 Å². The first-order valence-electron chi connectivity index (χ1n) is 11.7. The average Bonchev–Trinajstić information content (AvgIpc) is 2.47. The molecule has 0 heterocycles. The lowest BCUT2D eigenvalue weighted by atomic mass is 9.84. The molecule has 0 aliphatic carbocycles. The fourth-order valence-electron chi connectivity index (χ4n) is 4.32. The Hall–Kier alpha value is -0.160. The van der Waals surface area contributed by atoms with E-state index in [1.807, 2.05) is 0 Å². The van der Waals surface area contributed by atoms with Crippen molar-refractivity contribution in [3.05, 3.63) is 0 Å². The molecule has 0 aromatic rings. The van der Waals surface area contributed by atoms with E-state index in [9.17, 15) is 0 Å². The van der Waals surface area contributed by atoms with E-state index in [-0.39, 0.29) is 10.8 Å². The van der Waals surface area contributed by atoms with Crippen LogP contribution in [0.3, 0.4) is 0 Å². The Morgan fingerprint density at radius 1 is 0.483 bits per heavy atom. The van der Waals surface area contributed by atoms with E-state index in [1.165, 1.54) is 0 Å². The van der Waals surface area contributed by atoms with Crippen LogP contribution in [-0.2, 0) is 19.6 Å². The summed E-state index contributed by atoms with van der Waals surface area (Å²) in [5.41, 5.74) is -0.526. The summed E-state index contributed by atoms with van der Waals surface area (Å²) in [5, 5.41) is 0. The lowest BCUT2D eigenvalue weighted by Crippen LogP contribution is -2.43. The topological polar surface area (TPSA) is 36.9 Å². The SMILES string of the molecule is CCCCCC(CCC)(OOC(C)(C)CC(C)(C)C)OOC(C)(C)CC(C)(C)C. The van der Waals surface area contributed by atoms with Gasteiger partial charge in [-0.2, -0.15) is 9.78 Å². The van der Waals surface area contributed by atoms with Crippen LogP contribution < -0.4 is 0 Å². The van der Waals surface area contributed by atoms with Crippen LogP contribution in [0.4, 0.5) is 0 Å². The second-order valence-corrected chi connectivity index (χ2v) is 12.4. The van der Waals surface area contributed by atoms with Crippen LogP contribution in [0.5, 0.6) is 0 Å². The molecule has 0 aliphatic heterocycles. The minimum absolute atomic E-state index is 0.147. The molecule has 0 aliphatic rings. The second kappa shape index (κ2) is 11.5. The van der Waals surface area contributed by atoms with Crippen LogP contribution in [0.15, 0.2) is 0 Å². The molecule has 4 nitrogen and oxygen atoms in total. The third-order valence-electron chi connectivity index (χ3n) is 4.54. The van der Waals surface area contributed by atoms with E-state index in [0.29, 0.717) is 0 Å². The van der Waals surface area contributed by atoms with E-state index < -0.39 is 17.0 Å². The first-order valence-corrected chi connectivity index (χ1v) is 11.7. The molecule has 0 aromatic carbocycles. The summed E-state index contributed by atoms with van der Waals surface area (Å²) in [4.78, 5) is 24.2. The Balaban J connectivity index is 5.35. The molecule has 0 spiro atoms. The van der Waals surface area contributed by atoms with Gasteiger partial charge in [-0.05, 0) is 57.8 Å². The van der Waals surface area contributed by atoms with Crippen LogP contribution in [0.25, 0.3) is 0 Å². The first-order chi connectivity index (χ1) is 12.9. The molecule has 0 rings (SSSR count). The first kappa shape index (κ1) is 28.8. The zero-order chi connectivity index (χ0) is 23.0. The van der Waals surface area contributed by atoms with Crippen LogP contribution in [0.2, 0.25) is 0 Å². The Morgan fingerprint density at radius 3 is 1.21 bits per heavy atom. The Bertz CT molecular complexity index is 409. The number of rotatable bonds is 14. The molecule has 0 saturated carbocycles. The maximum atomic E-state index is 6.11. The largest absolute Gasteiger partial charge is 0.234 e. The second-order valence-electron chi connectivity index (χ2n) is 12.4. The summed E-state index contributed by atoms with van der Waals surface area (Å²) in [6, 6.07) is 0. The van der Waals surface area contributed by atoms with Gasteiger partial charge in [0.1, 0.15) is 0 Å². The van der Waals surface area contributed by atoms with Gasteiger partial charge in [0.2, 0.25) is 5.79 Å².